The van der Waals surface area contributed by atoms with Crippen LogP contribution < -0.4 is 15.8 Å². The van der Waals surface area contributed by atoms with Crippen molar-refractivity contribution in [1.82, 2.24) is 0 Å². The zero-order valence-corrected chi connectivity index (χ0v) is 9.49. The van der Waals surface area contributed by atoms with Crippen LogP contribution in [0.5, 0.6) is 5.75 Å². The molecule has 0 heterocycles. The molecule has 0 aliphatic carbocycles. The van der Waals surface area contributed by atoms with E-state index in [1.165, 1.54) is 0 Å². The molecule has 3 nitrogen and oxygen atoms in total. The molecular formula is C12H20N2O. The molecule has 84 valence electrons. The number of benzene rings is 1. The summed E-state index contributed by atoms with van der Waals surface area (Å²) in [4.78, 5) is 0. The number of ether oxygens (including phenoxy) is 1. The van der Waals surface area contributed by atoms with E-state index in [4.69, 9.17) is 10.5 Å². The first kappa shape index (κ1) is 11.9. The summed E-state index contributed by atoms with van der Waals surface area (Å²) in [6.07, 6.45) is 1.10. The van der Waals surface area contributed by atoms with Gasteiger partial charge in [0.2, 0.25) is 0 Å². The summed E-state index contributed by atoms with van der Waals surface area (Å²) in [5, 5.41) is 3.36. The van der Waals surface area contributed by atoms with Crippen LogP contribution in [0.25, 0.3) is 0 Å². The third-order valence-electron chi connectivity index (χ3n) is 2.60. The molecule has 1 atom stereocenters. The number of nitrogens with two attached hydrogens (primary N) is 1. The summed E-state index contributed by atoms with van der Waals surface area (Å²) in [5.41, 5.74) is 6.68. The second-order valence-corrected chi connectivity index (χ2v) is 3.59. The van der Waals surface area contributed by atoms with Crippen molar-refractivity contribution in [2.75, 3.05) is 25.5 Å². The van der Waals surface area contributed by atoms with Crippen LogP contribution in [0.3, 0.4) is 0 Å². The highest BCUT2D eigenvalue weighted by atomic mass is 16.5. The molecule has 0 radical (unpaired) electrons. The van der Waals surface area contributed by atoms with Gasteiger partial charge in [0, 0.05) is 6.54 Å². The van der Waals surface area contributed by atoms with Crippen LogP contribution in [0, 0.1) is 5.92 Å². The number of rotatable bonds is 6. The van der Waals surface area contributed by atoms with Crippen LogP contribution in [0.1, 0.15) is 13.3 Å². The van der Waals surface area contributed by atoms with Gasteiger partial charge in [0.1, 0.15) is 5.75 Å². The molecule has 0 aromatic heterocycles. The lowest BCUT2D eigenvalue weighted by atomic mass is 10.1. The van der Waals surface area contributed by atoms with Gasteiger partial charge in [-0.05, 0) is 24.6 Å². The molecule has 0 aliphatic rings. The molecule has 1 aromatic rings. The first-order valence-electron chi connectivity index (χ1n) is 5.38. The maximum absolute atomic E-state index is 5.65. The zero-order valence-electron chi connectivity index (χ0n) is 9.49. The smallest absolute Gasteiger partial charge is 0.141 e. The lowest BCUT2D eigenvalue weighted by Crippen LogP contribution is -2.22. The molecule has 0 aliphatic heterocycles. The zero-order chi connectivity index (χ0) is 11.1. The molecule has 0 bridgehead atoms. The monoisotopic (exact) mass is 208 g/mol. The van der Waals surface area contributed by atoms with Crippen LogP contribution >= 0.6 is 0 Å². The molecule has 0 saturated heterocycles. The number of nitrogens with one attached hydrogen (secondary N) is 1. The molecule has 3 heteroatoms. The molecule has 1 aromatic carbocycles. The Morgan fingerprint density at radius 3 is 2.73 bits per heavy atom. The summed E-state index contributed by atoms with van der Waals surface area (Å²) in [5.74, 6) is 1.40. The Morgan fingerprint density at radius 2 is 2.13 bits per heavy atom. The Hall–Kier alpha value is -1.22. The van der Waals surface area contributed by atoms with Crippen molar-refractivity contribution in [3.05, 3.63) is 24.3 Å². The van der Waals surface area contributed by atoms with Crippen LogP contribution in [-0.4, -0.2) is 20.2 Å². The van der Waals surface area contributed by atoms with Crippen molar-refractivity contribution in [3.63, 3.8) is 0 Å². The van der Waals surface area contributed by atoms with E-state index in [1.807, 2.05) is 24.3 Å². The largest absolute Gasteiger partial charge is 0.495 e. The normalized spacial score (nSPS) is 12.2. The van der Waals surface area contributed by atoms with Gasteiger partial charge in [0.15, 0.2) is 0 Å². The predicted molar refractivity (Wildman–Crippen MR) is 64.3 cm³/mol. The lowest BCUT2D eigenvalue weighted by molar-refractivity contribution is 0.416. The fourth-order valence-corrected chi connectivity index (χ4v) is 1.44. The Morgan fingerprint density at radius 1 is 1.40 bits per heavy atom. The van der Waals surface area contributed by atoms with Gasteiger partial charge in [0.05, 0.1) is 12.8 Å². The molecule has 0 spiro atoms. The minimum Gasteiger partial charge on any atom is -0.495 e. The second kappa shape index (κ2) is 6.30. The first-order valence-corrected chi connectivity index (χ1v) is 5.38. The lowest BCUT2D eigenvalue weighted by Gasteiger charge is -2.15. The van der Waals surface area contributed by atoms with Crippen LogP contribution in [-0.2, 0) is 0 Å². The fraction of sp³-hybridized carbons (Fsp3) is 0.500. The van der Waals surface area contributed by atoms with E-state index in [2.05, 4.69) is 12.2 Å². The van der Waals surface area contributed by atoms with Crippen molar-refractivity contribution >= 4 is 5.69 Å². The highest BCUT2D eigenvalue weighted by Crippen LogP contribution is 2.23. The summed E-state index contributed by atoms with van der Waals surface area (Å²) in [7, 11) is 1.68. The minimum absolute atomic E-state index is 0.523. The Balaban J connectivity index is 2.56. The van der Waals surface area contributed by atoms with E-state index in [9.17, 15) is 0 Å². The predicted octanol–water partition coefficient (Wildman–Crippen LogP) is 2.09. The van der Waals surface area contributed by atoms with Gasteiger partial charge < -0.3 is 15.8 Å². The minimum atomic E-state index is 0.523. The van der Waals surface area contributed by atoms with Gasteiger partial charge in [-0.15, -0.1) is 0 Å². The number of hydrogen-bond acceptors (Lipinski definition) is 3. The van der Waals surface area contributed by atoms with E-state index >= 15 is 0 Å². The maximum atomic E-state index is 5.65. The van der Waals surface area contributed by atoms with Crippen molar-refractivity contribution < 1.29 is 4.74 Å². The average molecular weight is 208 g/mol. The molecule has 1 unspecified atom stereocenters. The number of methoxy groups -OCH3 is 1. The Bertz CT molecular complexity index is 285. The summed E-state index contributed by atoms with van der Waals surface area (Å²) >= 11 is 0. The highest BCUT2D eigenvalue weighted by molar-refractivity contribution is 5.56. The summed E-state index contributed by atoms with van der Waals surface area (Å²) in [6.45, 7) is 3.77. The molecule has 3 N–H and O–H groups in total. The van der Waals surface area contributed by atoms with Crippen molar-refractivity contribution in [1.29, 1.82) is 0 Å². The van der Waals surface area contributed by atoms with E-state index < -0.39 is 0 Å². The number of anilines is 1. The number of para-hydroxylation sites is 2. The average Bonchev–Trinajstić information content (AvgIpc) is 2.31. The van der Waals surface area contributed by atoms with Gasteiger partial charge in [0.25, 0.3) is 0 Å². The Kier molecular flexibility index (Phi) is 4.98. The van der Waals surface area contributed by atoms with Gasteiger partial charge >= 0.3 is 0 Å². The van der Waals surface area contributed by atoms with E-state index in [0.717, 1.165) is 30.9 Å². The van der Waals surface area contributed by atoms with Gasteiger partial charge in [-0.25, -0.2) is 0 Å². The number of hydrogen-bond donors (Lipinski definition) is 2. The summed E-state index contributed by atoms with van der Waals surface area (Å²) in [6, 6.07) is 7.92. The first-order chi connectivity index (χ1) is 7.31. The third kappa shape index (κ3) is 3.44. The van der Waals surface area contributed by atoms with Gasteiger partial charge in [-0.1, -0.05) is 25.5 Å². The van der Waals surface area contributed by atoms with E-state index in [1.54, 1.807) is 7.11 Å². The topological polar surface area (TPSA) is 47.3 Å². The molecule has 15 heavy (non-hydrogen) atoms. The molecule has 1 rings (SSSR count). The third-order valence-corrected chi connectivity index (χ3v) is 2.60. The highest BCUT2D eigenvalue weighted by Gasteiger charge is 2.05. The summed E-state index contributed by atoms with van der Waals surface area (Å²) < 4.78 is 5.25. The fourth-order valence-electron chi connectivity index (χ4n) is 1.44. The van der Waals surface area contributed by atoms with Crippen LogP contribution in [0.4, 0.5) is 5.69 Å². The van der Waals surface area contributed by atoms with Gasteiger partial charge in [-0.3, -0.25) is 0 Å². The second-order valence-electron chi connectivity index (χ2n) is 3.59. The standard InChI is InChI=1S/C12H20N2O/c1-3-10(8-13)9-14-11-6-4-5-7-12(11)15-2/h4-7,10,14H,3,8-9,13H2,1-2H3. The van der Waals surface area contributed by atoms with Crippen LogP contribution in [0.2, 0.25) is 0 Å². The van der Waals surface area contributed by atoms with Crippen molar-refractivity contribution in [3.8, 4) is 5.75 Å². The van der Waals surface area contributed by atoms with Gasteiger partial charge in [-0.2, -0.15) is 0 Å². The molecule has 0 amide bonds. The van der Waals surface area contributed by atoms with E-state index in [0.29, 0.717) is 5.92 Å². The maximum Gasteiger partial charge on any atom is 0.141 e. The van der Waals surface area contributed by atoms with Crippen LogP contribution in [0.15, 0.2) is 24.3 Å². The van der Waals surface area contributed by atoms with Crippen molar-refractivity contribution in [2.24, 2.45) is 11.7 Å². The molecular weight excluding hydrogens is 188 g/mol. The van der Waals surface area contributed by atoms with Crippen molar-refractivity contribution in [2.45, 2.75) is 13.3 Å². The molecule has 0 fully saturated rings. The Labute approximate surface area is 91.6 Å². The quantitative estimate of drug-likeness (QED) is 0.752. The SMILES string of the molecule is CCC(CN)CNc1ccccc1OC. The molecule has 0 saturated carbocycles. The van der Waals surface area contributed by atoms with E-state index in [-0.39, 0.29) is 0 Å².